The van der Waals surface area contributed by atoms with Crippen molar-refractivity contribution in [2.24, 2.45) is 5.92 Å². The average molecular weight is 416 g/mol. The van der Waals surface area contributed by atoms with E-state index in [2.05, 4.69) is 11.4 Å². The molecule has 0 radical (unpaired) electrons. The third-order valence-corrected chi connectivity index (χ3v) is 5.96. The number of carbonyl (C=O) groups is 1. The highest BCUT2D eigenvalue weighted by molar-refractivity contribution is 7.80. The lowest BCUT2D eigenvalue weighted by molar-refractivity contribution is -0.144. The molecule has 28 heavy (non-hydrogen) atoms. The number of amides is 1. The summed E-state index contributed by atoms with van der Waals surface area (Å²) in [5.74, 6) is 0.229. The van der Waals surface area contributed by atoms with Crippen molar-refractivity contribution in [3.05, 3.63) is 58.6 Å². The molecule has 2 bridgehead atoms. The van der Waals surface area contributed by atoms with Crippen LogP contribution in [0.4, 0.5) is 5.69 Å². The molecular weight excluding hydrogens is 394 g/mol. The highest BCUT2D eigenvalue weighted by Gasteiger charge is 2.59. The summed E-state index contributed by atoms with van der Waals surface area (Å²) in [6.07, 6.45) is 0. The molecule has 3 atom stereocenters. The third-order valence-electron chi connectivity index (χ3n) is 5.43. The maximum Gasteiger partial charge on any atom is 0.233 e. The summed E-state index contributed by atoms with van der Waals surface area (Å²) >= 11 is 11.9. The van der Waals surface area contributed by atoms with E-state index in [-0.39, 0.29) is 11.9 Å². The van der Waals surface area contributed by atoms with Crippen molar-refractivity contribution in [2.45, 2.75) is 25.6 Å². The van der Waals surface area contributed by atoms with Gasteiger partial charge in [-0.15, -0.1) is 0 Å². The van der Waals surface area contributed by atoms with Crippen molar-refractivity contribution >= 4 is 40.5 Å². The van der Waals surface area contributed by atoms with Gasteiger partial charge in [-0.1, -0.05) is 35.4 Å². The Morgan fingerprint density at radius 2 is 2.04 bits per heavy atom. The van der Waals surface area contributed by atoms with Gasteiger partial charge in [-0.3, -0.25) is 9.69 Å². The van der Waals surface area contributed by atoms with E-state index in [1.165, 1.54) is 0 Å². The molecule has 2 aromatic rings. The van der Waals surface area contributed by atoms with Crippen LogP contribution >= 0.6 is 23.8 Å². The lowest BCUT2D eigenvalue weighted by Gasteiger charge is -2.56. The number of thiocarbonyl (C=S) groups is 1. The number of fused-ring (bicyclic) bond motifs is 4. The van der Waals surface area contributed by atoms with Crippen LogP contribution in [0, 0.1) is 12.8 Å². The van der Waals surface area contributed by atoms with Crippen LogP contribution in [0.3, 0.4) is 0 Å². The summed E-state index contributed by atoms with van der Waals surface area (Å²) in [4.78, 5) is 16.7. The van der Waals surface area contributed by atoms with Crippen molar-refractivity contribution in [1.82, 2.24) is 10.2 Å². The van der Waals surface area contributed by atoms with Crippen LogP contribution in [0.25, 0.3) is 0 Å². The molecule has 7 heteroatoms. The van der Waals surface area contributed by atoms with Crippen LogP contribution in [0.5, 0.6) is 5.75 Å². The maximum atomic E-state index is 13.3. The molecule has 1 amide bonds. The number of halogens is 1. The highest BCUT2D eigenvalue weighted by Crippen LogP contribution is 2.50. The van der Waals surface area contributed by atoms with E-state index in [0.717, 1.165) is 22.6 Å². The molecule has 146 valence electrons. The molecule has 1 N–H and O–H groups in total. The van der Waals surface area contributed by atoms with Crippen molar-refractivity contribution in [2.75, 3.05) is 19.0 Å². The summed E-state index contributed by atoms with van der Waals surface area (Å²) in [7, 11) is 3.52. The molecule has 1 saturated heterocycles. The molecule has 0 unspecified atom stereocenters. The van der Waals surface area contributed by atoms with E-state index in [9.17, 15) is 4.79 Å². The minimum Gasteiger partial charge on any atom is -0.467 e. The quantitative estimate of drug-likeness (QED) is 0.754. The number of hydrogen-bond donors (Lipinski definition) is 1. The Kier molecular flexibility index (Phi) is 4.51. The molecule has 0 spiro atoms. The first kappa shape index (κ1) is 19.0. The Morgan fingerprint density at radius 3 is 2.71 bits per heavy atom. The van der Waals surface area contributed by atoms with Gasteiger partial charge >= 0.3 is 0 Å². The smallest absolute Gasteiger partial charge is 0.233 e. The minimum absolute atomic E-state index is 0.0262. The third kappa shape index (κ3) is 2.83. The number of anilines is 1. The molecule has 2 aliphatic heterocycles. The Hall–Kier alpha value is -2.31. The lowest BCUT2D eigenvalue weighted by atomic mass is 9.78. The first-order chi connectivity index (χ1) is 13.2. The van der Waals surface area contributed by atoms with Crippen LogP contribution < -0.4 is 15.0 Å². The van der Waals surface area contributed by atoms with Crippen molar-refractivity contribution < 1.29 is 9.53 Å². The standard InChI is InChI=1S/C21H22ClN3O2S/c1-12-8-9-16-15(10-12)18-17(19(26)24(3)4)21(2,27-16)25(20(28)23-18)14-7-5-6-13(22)11-14/h5-11,17-18H,1-4H3,(H,23,28)/t17-,18+,21-/m0/s1. The van der Waals surface area contributed by atoms with E-state index in [4.69, 9.17) is 28.6 Å². The van der Waals surface area contributed by atoms with Crippen LogP contribution in [0.2, 0.25) is 5.02 Å². The fourth-order valence-corrected chi connectivity index (χ4v) is 4.76. The predicted octanol–water partition coefficient (Wildman–Crippen LogP) is 3.90. The van der Waals surface area contributed by atoms with Gasteiger partial charge in [0.15, 0.2) is 10.8 Å². The van der Waals surface area contributed by atoms with Gasteiger partial charge in [0.1, 0.15) is 11.7 Å². The van der Waals surface area contributed by atoms with Gasteiger partial charge in [-0.2, -0.15) is 0 Å². The molecule has 0 aliphatic carbocycles. The molecular formula is C21H22ClN3O2S. The summed E-state index contributed by atoms with van der Waals surface area (Å²) in [6, 6.07) is 13.2. The molecule has 0 saturated carbocycles. The Balaban J connectivity index is 1.93. The van der Waals surface area contributed by atoms with Crippen molar-refractivity contribution in [3.63, 3.8) is 0 Å². The summed E-state index contributed by atoms with van der Waals surface area (Å²) in [5, 5.41) is 4.49. The summed E-state index contributed by atoms with van der Waals surface area (Å²) in [5.41, 5.74) is 1.83. The average Bonchev–Trinajstić information content (AvgIpc) is 2.61. The fraction of sp³-hybridized carbons (Fsp3) is 0.333. The number of nitrogens with zero attached hydrogens (tertiary/aromatic N) is 2. The number of aryl methyl sites for hydroxylation is 1. The van der Waals surface area contributed by atoms with Gasteiger partial charge < -0.3 is 15.0 Å². The van der Waals surface area contributed by atoms with Crippen molar-refractivity contribution in [3.8, 4) is 5.75 Å². The zero-order chi connectivity index (χ0) is 20.2. The lowest BCUT2D eigenvalue weighted by Crippen LogP contribution is -2.72. The summed E-state index contributed by atoms with van der Waals surface area (Å²) < 4.78 is 6.51. The molecule has 2 aliphatic rings. The first-order valence-electron chi connectivity index (χ1n) is 9.09. The van der Waals surface area contributed by atoms with Gasteiger partial charge in [0.05, 0.1) is 6.04 Å². The largest absolute Gasteiger partial charge is 0.467 e. The number of ether oxygens (including phenoxy) is 1. The number of benzene rings is 2. The second-order valence-electron chi connectivity index (χ2n) is 7.65. The highest BCUT2D eigenvalue weighted by atomic mass is 35.5. The van der Waals surface area contributed by atoms with Gasteiger partial charge in [-0.25, -0.2) is 0 Å². The second kappa shape index (κ2) is 6.64. The number of hydrogen-bond acceptors (Lipinski definition) is 3. The van der Waals surface area contributed by atoms with Crippen LogP contribution in [0.1, 0.15) is 24.1 Å². The maximum absolute atomic E-state index is 13.3. The van der Waals surface area contributed by atoms with Gasteiger partial charge in [0.2, 0.25) is 5.91 Å². The van der Waals surface area contributed by atoms with E-state index >= 15 is 0 Å². The molecule has 2 heterocycles. The Morgan fingerprint density at radius 1 is 1.29 bits per heavy atom. The van der Waals surface area contributed by atoms with E-state index in [1.54, 1.807) is 25.1 Å². The normalized spacial score (nSPS) is 25.5. The van der Waals surface area contributed by atoms with E-state index in [1.807, 2.05) is 49.1 Å². The zero-order valence-electron chi connectivity index (χ0n) is 16.2. The predicted molar refractivity (Wildman–Crippen MR) is 115 cm³/mol. The minimum atomic E-state index is -0.999. The van der Waals surface area contributed by atoms with Gasteiger partial charge in [0.25, 0.3) is 0 Å². The molecule has 0 aromatic heterocycles. The molecule has 5 nitrogen and oxygen atoms in total. The number of rotatable bonds is 2. The van der Waals surface area contributed by atoms with Crippen molar-refractivity contribution in [1.29, 1.82) is 0 Å². The van der Waals surface area contributed by atoms with E-state index in [0.29, 0.717) is 10.1 Å². The van der Waals surface area contributed by atoms with Gasteiger partial charge in [-0.05, 0) is 50.3 Å². The SMILES string of the molecule is Cc1ccc2c(c1)[C@H]1NC(=S)N(c3cccc(Cl)c3)[C@@](C)(O2)[C@@H]1C(=O)N(C)C. The summed E-state index contributed by atoms with van der Waals surface area (Å²) in [6.45, 7) is 3.94. The topological polar surface area (TPSA) is 44.8 Å². The molecule has 1 fully saturated rings. The fourth-order valence-electron chi connectivity index (χ4n) is 4.16. The Bertz CT molecular complexity index is 980. The van der Waals surface area contributed by atoms with Crippen LogP contribution in [-0.4, -0.2) is 35.7 Å². The monoisotopic (exact) mass is 415 g/mol. The number of nitrogens with one attached hydrogen (secondary N) is 1. The molecule has 4 rings (SSSR count). The van der Waals surface area contributed by atoms with Crippen LogP contribution in [0.15, 0.2) is 42.5 Å². The van der Waals surface area contributed by atoms with Crippen LogP contribution in [-0.2, 0) is 4.79 Å². The molecule has 2 aromatic carbocycles. The van der Waals surface area contributed by atoms with E-state index < -0.39 is 11.6 Å². The second-order valence-corrected chi connectivity index (χ2v) is 8.47. The van der Waals surface area contributed by atoms with Gasteiger partial charge in [0, 0.05) is 30.4 Å². The first-order valence-corrected chi connectivity index (χ1v) is 9.88. The zero-order valence-corrected chi connectivity index (χ0v) is 17.8. The number of carbonyl (C=O) groups excluding carboxylic acids is 1. The Labute approximate surface area is 175 Å².